The first-order chi connectivity index (χ1) is 9.12. The zero-order valence-electron chi connectivity index (χ0n) is 11.3. The number of amides is 1. The standard InChI is InChI=1S/C15H19NO3/c1-12(15(2)18-10-11-19-15)14(17)16-9-8-13-6-4-3-5-7-13/h3-7,10-12H,8-9H2,1-2H3,(H,16,17). The van der Waals surface area contributed by atoms with Crippen LogP contribution in [0, 0.1) is 5.92 Å². The van der Waals surface area contributed by atoms with Crippen molar-refractivity contribution in [2.45, 2.75) is 26.1 Å². The predicted molar refractivity (Wildman–Crippen MR) is 72.0 cm³/mol. The molecule has 1 unspecified atom stereocenters. The Bertz CT molecular complexity index is 448. The van der Waals surface area contributed by atoms with Crippen molar-refractivity contribution >= 4 is 5.91 Å². The van der Waals surface area contributed by atoms with Crippen LogP contribution in [0.2, 0.25) is 0 Å². The van der Waals surface area contributed by atoms with E-state index in [2.05, 4.69) is 5.32 Å². The molecular formula is C15H19NO3. The molecule has 0 spiro atoms. The summed E-state index contributed by atoms with van der Waals surface area (Å²) in [4.78, 5) is 12.0. The van der Waals surface area contributed by atoms with Crippen LogP contribution in [0.4, 0.5) is 0 Å². The van der Waals surface area contributed by atoms with E-state index in [-0.39, 0.29) is 11.8 Å². The molecular weight excluding hydrogens is 242 g/mol. The first kappa shape index (κ1) is 13.5. The molecule has 19 heavy (non-hydrogen) atoms. The highest BCUT2D eigenvalue weighted by molar-refractivity contribution is 5.79. The van der Waals surface area contributed by atoms with Crippen molar-refractivity contribution in [2.24, 2.45) is 5.92 Å². The Balaban J connectivity index is 1.78. The minimum atomic E-state index is -0.892. The van der Waals surface area contributed by atoms with Crippen molar-refractivity contribution < 1.29 is 14.3 Å². The van der Waals surface area contributed by atoms with Gasteiger partial charge in [0.2, 0.25) is 5.91 Å². The van der Waals surface area contributed by atoms with Crippen LogP contribution in [0.1, 0.15) is 19.4 Å². The van der Waals surface area contributed by atoms with Crippen molar-refractivity contribution in [1.82, 2.24) is 5.32 Å². The molecule has 1 N–H and O–H groups in total. The summed E-state index contributed by atoms with van der Waals surface area (Å²) in [5.41, 5.74) is 1.21. The van der Waals surface area contributed by atoms with Gasteiger partial charge in [-0.05, 0) is 18.9 Å². The van der Waals surface area contributed by atoms with Crippen LogP contribution in [-0.2, 0) is 20.7 Å². The maximum Gasteiger partial charge on any atom is 0.258 e. The Morgan fingerprint density at radius 1 is 1.26 bits per heavy atom. The lowest BCUT2D eigenvalue weighted by Crippen LogP contribution is -2.44. The lowest BCUT2D eigenvalue weighted by molar-refractivity contribution is -0.173. The molecule has 0 saturated heterocycles. The summed E-state index contributed by atoms with van der Waals surface area (Å²) in [5.74, 6) is -1.34. The average molecular weight is 261 g/mol. The monoisotopic (exact) mass is 261 g/mol. The largest absolute Gasteiger partial charge is 0.456 e. The zero-order valence-corrected chi connectivity index (χ0v) is 11.3. The Hall–Kier alpha value is -1.97. The van der Waals surface area contributed by atoms with Gasteiger partial charge in [0, 0.05) is 13.5 Å². The maximum absolute atomic E-state index is 12.0. The first-order valence-corrected chi connectivity index (χ1v) is 6.44. The van der Waals surface area contributed by atoms with Crippen molar-refractivity contribution in [1.29, 1.82) is 0 Å². The van der Waals surface area contributed by atoms with Crippen molar-refractivity contribution in [2.75, 3.05) is 6.54 Å². The fourth-order valence-corrected chi connectivity index (χ4v) is 1.92. The summed E-state index contributed by atoms with van der Waals surface area (Å²) in [6.45, 7) is 4.16. The van der Waals surface area contributed by atoms with E-state index in [1.165, 1.54) is 18.1 Å². The third-order valence-corrected chi connectivity index (χ3v) is 3.40. The molecule has 0 saturated carbocycles. The van der Waals surface area contributed by atoms with Gasteiger partial charge in [0.1, 0.15) is 18.4 Å². The molecule has 1 aromatic carbocycles. The SMILES string of the molecule is CC(C(=O)NCCc1ccccc1)C1(C)OC=CO1. The molecule has 0 radical (unpaired) electrons. The second kappa shape index (κ2) is 5.78. The van der Waals surface area contributed by atoms with E-state index in [0.29, 0.717) is 6.54 Å². The fourth-order valence-electron chi connectivity index (χ4n) is 1.92. The predicted octanol–water partition coefficient (Wildman–Crippen LogP) is 2.22. The van der Waals surface area contributed by atoms with Crippen LogP contribution < -0.4 is 5.32 Å². The molecule has 0 aliphatic carbocycles. The second-order valence-electron chi connectivity index (χ2n) is 4.77. The molecule has 0 fully saturated rings. The average Bonchev–Trinajstić information content (AvgIpc) is 2.87. The molecule has 4 heteroatoms. The summed E-state index contributed by atoms with van der Waals surface area (Å²) in [6, 6.07) is 10.1. The summed E-state index contributed by atoms with van der Waals surface area (Å²) in [6.07, 6.45) is 3.75. The topological polar surface area (TPSA) is 47.6 Å². The summed E-state index contributed by atoms with van der Waals surface area (Å²) < 4.78 is 10.6. The maximum atomic E-state index is 12.0. The lowest BCUT2D eigenvalue weighted by atomic mass is 10.0. The Labute approximate surface area is 113 Å². The number of benzene rings is 1. The number of hydrogen-bond acceptors (Lipinski definition) is 3. The molecule has 1 aliphatic heterocycles. The number of carbonyl (C=O) groups excluding carboxylic acids is 1. The van der Waals surface area contributed by atoms with Gasteiger partial charge in [-0.3, -0.25) is 4.79 Å². The van der Waals surface area contributed by atoms with Gasteiger partial charge in [-0.15, -0.1) is 0 Å². The van der Waals surface area contributed by atoms with Crippen LogP contribution in [-0.4, -0.2) is 18.2 Å². The van der Waals surface area contributed by atoms with Crippen molar-refractivity contribution in [3.05, 3.63) is 48.4 Å². The molecule has 2 rings (SSSR count). The third-order valence-electron chi connectivity index (χ3n) is 3.40. The Kier molecular flexibility index (Phi) is 4.10. The minimum absolute atomic E-state index is 0.0675. The van der Waals surface area contributed by atoms with Crippen LogP contribution in [0.5, 0.6) is 0 Å². The van der Waals surface area contributed by atoms with E-state index < -0.39 is 5.79 Å². The van der Waals surface area contributed by atoms with Gasteiger partial charge < -0.3 is 14.8 Å². The van der Waals surface area contributed by atoms with Crippen LogP contribution in [0.15, 0.2) is 42.9 Å². The number of carbonyl (C=O) groups is 1. The van der Waals surface area contributed by atoms with E-state index in [4.69, 9.17) is 9.47 Å². The van der Waals surface area contributed by atoms with Crippen molar-refractivity contribution in [3.8, 4) is 0 Å². The van der Waals surface area contributed by atoms with Gasteiger partial charge in [0.05, 0.1) is 0 Å². The number of ether oxygens (including phenoxy) is 2. The third kappa shape index (κ3) is 3.28. The zero-order chi connectivity index (χ0) is 13.7. The normalized spacial score (nSPS) is 17.4. The van der Waals surface area contributed by atoms with Gasteiger partial charge in [0.15, 0.2) is 0 Å². The summed E-state index contributed by atoms with van der Waals surface area (Å²) in [7, 11) is 0. The summed E-state index contributed by atoms with van der Waals surface area (Å²) in [5, 5.41) is 2.91. The van der Waals surface area contributed by atoms with Crippen LogP contribution >= 0.6 is 0 Å². The quantitative estimate of drug-likeness (QED) is 0.884. The van der Waals surface area contributed by atoms with E-state index in [1.807, 2.05) is 30.3 Å². The van der Waals surface area contributed by atoms with E-state index in [1.54, 1.807) is 13.8 Å². The van der Waals surface area contributed by atoms with Crippen molar-refractivity contribution in [3.63, 3.8) is 0 Å². The van der Waals surface area contributed by atoms with Gasteiger partial charge >= 0.3 is 0 Å². The molecule has 0 aromatic heterocycles. The Morgan fingerprint density at radius 2 is 1.89 bits per heavy atom. The van der Waals surface area contributed by atoms with E-state index >= 15 is 0 Å². The van der Waals surface area contributed by atoms with E-state index in [0.717, 1.165) is 6.42 Å². The molecule has 1 heterocycles. The first-order valence-electron chi connectivity index (χ1n) is 6.44. The van der Waals surface area contributed by atoms with Gasteiger partial charge in [0.25, 0.3) is 5.79 Å². The highest BCUT2D eigenvalue weighted by Crippen LogP contribution is 2.28. The molecule has 1 amide bonds. The van der Waals surface area contributed by atoms with E-state index in [9.17, 15) is 4.79 Å². The van der Waals surface area contributed by atoms with Gasteiger partial charge in [-0.2, -0.15) is 0 Å². The Morgan fingerprint density at radius 3 is 2.53 bits per heavy atom. The number of nitrogens with one attached hydrogen (secondary N) is 1. The fraction of sp³-hybridized carbons (Fsp3) is 0.400. The number of rotatable bonds is 5. The molecule has 0 bridgehead atoms. The molecule has 1 aliphatic rings. The minimum Gasteiger partial charge on any atom is -0.456 e. The lowest BCUT2D eigenvalue weighted by Gasteiger charge is -2.28. The molecule has 1 aromatic rings. The highest BCUT2D eigenvalue weighted by atomic mass is 16.7. The molecule has 102 valence electrons. The second-order valence-corrected chi connectivity index (χ2v) is 4.77. The molecule has 4 nitrogen and oxygen atoms in total. The molecule has 1 atom stereocenters. The number of hydrogen-bond donors (Lipinski definition) is 1. The van der Waals surface area contributed by atoms with Gasteiger partial charge in [-0.25, -0.2) is 0 Å². The van der Waals surface area contributed by atoms with Crippen LogP contribution in [0.3, 0.4) is 0 Å². The highest BCUT2D eigenvalue weighted by Gasteiger charge is 2.40. The van der Waals surface area contributed by atoms with Gasteiger partial charge in [-0.1, -0.05) is 30.3 Å². The van der Waals surface area contributed by atoms with Crippen LogP contribution in [0.25, 0.3) is 0 Å². The smallest absolute Gasteiger partial charge is 0.258 e. The summed E-state index contributed by atoms with van der Waals surface area (Å²) >= 11 is 0.